The normalized spacial score (nSPS) is 32.5. The summed E-state index contributed by atoms with van der Waals surface area (Å²) in [7, 11) is 0. The highest BCUT2D eigenvalue weighted by Crippen LogP contribution is 2.33. The third-order valence-electron chi connectivity index (χ3n) is 3.22. The first kappa shape index (κ1) is 9.44. The molecule has 2 heterocycles. The first-order valence-electron chi connectivity index (χ1n) is 5.43. The number of nitrogens with one attached hydrogen (secondary N) is 2. The minimum atomic E-state index is 0.220. The van der Waals surface area contributed by atoms with Crippen LogP contribution < -0.4 is 10.6 Å². The van der Waals surface area contributed by atoms with E-state index >= 15 is 0 Å². The number of ether oxygens (including phenoxy) is 1. The van der Waals surface area contributed by atoms with Crippen molar-refractivity contribution in [1.29, 1.82) is 0 Å². The largest absolute Gasteiger partial charge is 0.373 e. The molecule has 0 aliphatic carbocycles. The average Bonchev–Trinajstić information content (AvgIpc) is 2.51. The van der Waals surface area contributed by atoms with Gasteiger partial charge in [0.05, 0.1) is 12.2 Å². The van der Waals surface area contributed by atoms with Crippen LogP contribution in [0.3, 0.4) is 0 Å². The lowest BCUT2D eigenvalue weighted by atomic mass is 9.88. The molecular weight excluding hydrogens is 164 g/mol. The van der Waals surface area contributed by atoms with Crippen LogP contribution in [0.2, 0.25) is 0 Å². The third-order valence-corrected chi connectivity index (χ3v) is 3.22. The summed E-state index contributed by atoms with van der Waals surface area (Å²) in [6, 6.07) is 0.600. The summed E-state index contributed by atoms with van der Waals surface area (Å²) >= 11 is 0. The van der Waals surface area contributed by atoms with Crippen molar-refractivity contribution in [1.82, 2.24) is 10.6 Å². The molecule has 0 aromatic rings. The fourth-order valence-corrected chi connectivity index (χ4v) is 2.49. The van der Waals surface area contributed by atoms with Gasteiger partial charge in [-0.1, -0.05) is 6.92 Å². The first-order chi connectivity index (χ1) is 6.35. The molecule has 0 aromatic carbocycles. The van der Waals surface area contributed by atoms with Gasteiger partial charge in [0, 0.05) is 6.04 Å². The summed E-state index contributed by atoms with van der Waals surface area (Å²) in [6.45, 7) is 6.38. The number of piperidine rings is 1. The van der Waals surface area contributed by atoms with Crippen molar-refractivity contribution in [2.75, 3.05) is 26.2 Å². The smallest absolute Gasteiger partial charge is 0.0723 e. The van der Waals surface area contributed by atoms with Gasteiger partial charge < -0.3 is 15.4 Å². The van der Waals surface area contributed by atoms with E-state index < -0.39 is 0 Å². The van der Waals surface area contributed by atoms with E-state index in [9.17, 15) is 0 Å². The lowest BCUT2D eigenvalue weighted by Crippen LogP contribution is -2.42. The van der Waals surface area contributed by atoms with E-state index in [0.29, 0.717) is 6.04 Å². The van der Waals surface area contributed by atoms with Crippen molar-refractivity contribution in [3.05, 3.63) is 0 Å². The molecular formula is C10H20N2O. The Morgan fingerprint density at radius 2 is 2.23 bits per heavy atom. The van der Waals surface area contributed by atoms with E-state index in [1.807, 2.05) is 0 Å². The number of likely N-dealkylation sites (N-methyl/N-ethyl adjacent to an activating group) is 1. The maximum atomic E-state index is 5.94. The van der Waals surface area contributed by atoms with Crippen LogP contribution in [0, 0.1) is 0 Å². The summed E-state index contributed by atoms with van der Waals surface area (Å²) in [6.07, 6.45) is 3.59. The second-order valence-corrected chi connectivity index (χ2v) is 4.20. The molecule has 1 unspecified atom stereocenters. The van der Waals surface area contributed by atoms with Crippen LogP contribution in [0.15, 0.2) is 0 Å². The van der Waals surface area contributed by atoms with Crippen LogP contribution in [0.25, 0.3) is 0 Å². The minimum Gasteiger partial charge on any atom is -0.373 e. The van der Waals surface area contributed by atoms with Gasteiger partial charge in [0.15, 0.2) is 0 Å². The predicted octanol–water partition coefficient (Wildman–Crippen LogP) is 0.507. The Bertz CT molecular complexity index is 166. The fraction of sp³-hybridized carbons (Fsp3) is 1.00. The maximum absolute atomic E-state index is 5.94. The van der Waals surface area contributed by atoms with Gasteiger partial charge in [-0.15, -0.1) is 0 Å². The molecule has 0 amide bonds. The van der Waals surface area contributed by atoms with Crippen molar-refractivity contribution in [3.8, 4) is 0 Å². The van der Waals surface area contributed by atoms with Gasteiger partial charge >= 0.3 is 0 Å². The molecule has 2 N–H and O–H groups in total. The van der Waals surface area contributed by atoms with E-state index in [2.05, 4.69) is 17.6 Å². The SMILES string of the molecule is CCNC1COC2(CCNCC2)C1. The second kappa shape index (κ2) is 3.95. The molecule has 1 atom stereocenters. The molecule has 76 valence electrons. The molecule has 2 rings (SSSR count). The van der Waals surface area contributed by atoms with Crippen molar-refractivity contribution < 1.29 is 4.74 Å². The number of hydrogen-bond donors (Lipinski definition) is 2. The highest BCUT2D eigenvalue weighted by Gasteiger charge is 2.40. The monoisotopic (exact) mass is 184 g/mol. The summed E-state index contributed by atoms with van der Waals surface area (Å²) in [4.78, 5) is 0. The Kier molecular flexibility index (Phi) is 2.86. The van der Waals surface area contributed by atoms with E-state index in [1.165, 1.54) is 19.3 Å². The van der Waals surface area contributed by atoms with Crippen LogP contribution in [0.1, 0.15) is 26.2 Å². The minimum absolute atomic E-state index is 0.220. The van der Waals surface area contributed by atoms with E-state index in [4.69, 9.17) is 4.74 Å². The molecule has 2 aliphatic rings. The molecule has 2 fully saturated rings. The first-order valence-corrected chi connectivity index (χ1v) is 5.43. The van der Waals surface area contributed by atoms with Crippen LogP contribution in [0.4, 0.5) is 0 Å². The van der Waals surface area contributed by atoms with Gasteiger partial charge in [-0.2, -0.15) is 0 Å². The molecule has 3 heteroatoms. The van der Waals surface area contributed by atoms with Crippen LogP contribution in [0.5, 0.6) is 0 Å². The Morgan fingerprint density at radius 3 is 2.92 bits per heavy atom. The van der Waals surface area contributed by atoms with Gasteiger partial charge in [-0.25, -0.2) is 0 Å². The van der Waals surface area contributed by atoms with Gasteiger partial charge in [0.2, 0.25) is 0 Å². The highest BCUT2D eigenvalue weighted by atomic mass is 16.5. The van der Waals surface area contributed by atoms with Crippen molar-refractivity contribution in [3.63, 3.8) is 0 Å². The van der Waals surface area contributed by atoms with Crippen molar-refractivity contribution in [2.45, 2.75) is 37.8 Å². The summed E-state index contributed by atoms with van der Waals surface area (Å²) in [5.41, 5.74) is 0.220. The van der Waals surface area contributed by atoms with Crippen LogP contribution in [-0.4, -0.2) is 37.9 Å². The second-order valence-electron chi connectivity index (χ2n) is 4.20. The van der Waals surface area contributed by atoms with Crippen molar-refractivity contribution >= 4 is 0 Å². The fourth-order valence-electron chi connectivity index (χ4n) is 2.49. The zero-order valence-electron chi connectivity index (χ0n) is 8.44. The van der Waals surface area contributed by atoms with E-state index in [-0.39, 0.29) is 5.60 Å². The third kappa shape index (κ3) is 2.03. The van der Waals surface area contributed by atoms with Gasteiger partial charge in [0.1, 0.15) is 0 Å². The standard InChI is InChI=1S/C10H20N2O/c1-2-12-9-7-10(13-8-9)3-5-11-6-4-10/h9,11-12H,2-8H2,1H3. The molecule has 0 saturated carbocycles. The Hall–Kier alpha value is -0.120. The molecule has 0 bridgehead atoms. The maximum Gasteiger partial charge on any atom is 0.0723 e. The van der Waals surface area contributed by atoms with Gasteiger partial charge in [-0.3, -0.25) is 0 Å². The zero-order chi connectivity index (χ0) is 9.15. The number of rotatable bonds is 2. The van der Waals surface area contributed by atoms with Crippen LogP contribution in [-0.2, 0) is 4.74 Å². The predicted molar refractivity (Wildman–Crippen MR) is 52.9 cm³/mol. The molecule has 3 nitrogen and oxygen atoms in total. The quantitative estimate of drug-likeness (QED) is 0.656. The molecule has 0 radical (unpaired) electrons. The molecule has 0 aromatic heterocycles. The molecule has 2 aliphatic heterocycles. The molecule has 2 saturated heterocycles. The van der Waals surface area contributed by atoms with Crippen LogP contribution >= 0.6 is 0 Å². The summed E-state index contributed by atoms with van der Waals surface area (Å²) in [5, 5.41) is 6.85. The van der Waals surface area contributed by atoms with Crippen molar-refractivity contribution in [2.24, 2.45) is 0 Å². The Labute approximate surface area is 80.2 Å². The summed E-state index contributed by atoms with van der Waals surface area (Å²) < 4.78 is 5.94. The van der Waals surface area contributed by atoms with E-state index in [1.54, 1.807) is 0 Å². The molecule has 13 heavy (non-hydrogen) atoms. The lowest BCUT2D eigenvalue weighted by molar-refractivity contribution is -0.0194. The van der Waals surface area contributed by atoms with E-state index in [0.717, 1.165) is 26.2 Å². The van der Waals surface area contributed by atoms with Gasteiger partial charge in [0.25, 0.3) is 0 Å². The molecule has 1 spiro atoms. The number of hydrogen-bond acceptors (Lipinski definition) is 3. The average molecular weight is 184 g/mol. The Morgan fingerprint density at radius 1 is 1.46 bits per heavy atom. The zero-order valence-corrected chi connectivity index (χ0v) is 8.44. The summed E-state index contributed by atoms with van der Waals surface area (Å²) in [5.74, 6) is 0. The topological polar surface area (TPSA) is 33.3 Å². The Balaban J connectivity index is 1.87. The lowest BCUT2D eigenvalue weighted by Gasteiger charge is -2.32. The van der Waals surface area contributed by atoms with Gasteiger partial charge in [-0.05, 0) is 38.9 Å². The highest BCUT2D eigenvalue weighted by molar-refractivity contribution is 4.95.